The first-order valence-electron chi connectivity index (χ1n) is 13.1. The first-order valence-corrected chi connectivity index (χ1v) is 13.5. The summed E-state index contributed by atoms with van der Waals surface area (Å²) in [4.78, 5) is 39.6. The Labute approximate surface area is 249 Å². The van der Waals surface area contributed by atoms with Gasteiger partial charge in [0.2, 0.25) is 5.91 Å². The fourth-order valence-corrected chi connectivity index (χ4v) is 4.83. The molecule has 0 aliphatic heterocycles. The first-order chi connectivity index (χ1) is 20.7. The molecule has 13 heteroatoms. The minimum Gasteiger partial charge on any atom is -0.530 e. The number of carbonyl (C=O) groups is 2. The number of benzene rings is 3. The van der Waals surface area contributed by atoms with Crippen molar-refractivity contribution in [3.8, 4) is 16.8 Å². The summed E-state index contributed by atoms with van der Waals surface area (Å²) in [6.07, 6.45) is 1.68. The zero-order chi connectivity index (χ0) is 30.5. The van der Waals surface area contributed by atoms with E-state index in [0.29, 0.717) is 38.8 Å². The van der Waals surface area contributed by atoms with Crippen LogP contribution in [0.4, 0.5) is 20.6 Å². The second-order valence-electron chi connectivity index (χ2n) is 9.47. The van der Waals surface area contributed by atoms with E-state index >= 15 is 0 Å². The molecule has 2 aromatic heterocycles. The lowest BCUT2D eigenvalue weighted by Crippen LogP contribution is -2.41. The Kier molecular flexibility index (Phi) is 8.58. The van der Waals surface area contributed by atoms with Gasteiger partial charge in [0.25, 0.3) is 5.56 Å². The van der Waals surface area contributed by atoms with Crippen molar-refractivity contribution in [2.45, 2.75) is 19.4 Å². The monoisotopic (exact) mass is 600 g/mol. The van der Waals surface area contributed by atoms with Crippen LogP contribution in [-0.2, 0) is 11.2 Å². The van der Waals surface area contributed by atoms with Gasteiger partial charge in [0.1, 0.15) is 24.3 Å². The number of amides is 2. The van der Waals surface area contributed by atoms with Gasteiger partial charge in [-0.3, -0.25) is 9.59 Å². The minimum atomic E-state index is -1.34. The average molecular weight is 601 g/mol. The van der Waals surface area contributed by atoms with Crippen molar-refractivity contribution in [1.82, 2.24) is 24.8 Å². The highest BCUT2D eigenvalue weighted by atomic mass is 35.5. The summed E-state index contributed by atoms with van der Waals surface area (Å²) in [6.45, 7) is 1.87. The van der Waals surface area contributed by atoms with Gasteiger partial charge < -0.3 is 24.7 Å². The maximum absolute atomic E-state index is 13.6. The van der Waals surface area contributed by atoms with E-state index in [1.165, 1.54) is 52.1 Å². The van der Waals surface area contributed by atoms with Gasteiger partial charge in [-0.25, -0.2) is 4.39 Å². The fraction of sp³-hybridized carbons (Fsp3) is 0.133. The van der Waals surface area contributed by atoms with Crippen molar-refractivity contribution in [2.75, 3.05) is 16.8 Å². The van der Waals surface area contributed by atoms with E-state index in [1.54, 1.807) is 55.5 Å². The molecule has 0 radical (unpaired) electrons. The molecule has 43 heavy (non-hydrogen) atoms. The van der Waals surface area contributed by atoms with Crippen LogP contribution in [0.25, 0.3) is 16.8 Å². The predicted molar refractivity (Wildman–Crippen MR) is 156 cm³/mol. The SMILES string of the molecule is CCN(C(=O)[O-])c1ccc(NC(=O)[C@H](Cc2ccc(F)cc2)n2ccc(-c3cc(Cl)ccc3-n3cnnn3)cc2=O)cc1. The van der Waals surface area contributed by atoms with E-state index in [4.69, 9.17) is 11.6 Å². The molecule has 11 nitrogen and oxygen atoms in total. The lowest BCUT2D eigenvalue weighted by atomic mass is 10.0. The Morgan fingerprint density at radius 2 is 1.79 bits per heavy atom. The molecule has 2 amide bonds. The number of pyridine rings is 1. The van der Waals surface area contributed by atoms with Crippen LogP contribution in [0, 0.1) is 5.82 Å². The number of halogens is 2. The van der Waals surface area contributed by atoms with E-state index < -0.39 is 29.4 Å². The van der Waals surface area contributed by atoms with Gasteiger partial charge in [0, 0.05) is 47.2 Å². The molecule has 0 bridgehead atoms. The third kappa shape index (κ3) is 6.60. The van der Waals surface area contributed by atoms with Gasteiger partial charge in [0.05, 0.1) is 5.69 Å². The van der Waals surface area contributed by atoms with Crippen LogP contribution in [0.1, 0.15) is 18.5 Å². The van der Waals surface area contributed by atoms with Gasteiger partial charge in [-0.1, -0.05) is 23.7 Å². The Hall–Kier alpha value is -5.36. The normalized spacial score (nSPS) is 11.6. The molecular formula is C30H24ClFN7O4-. The zero-order valence-electron chi connectivity index (χ0n) is 22.7. The van der Waals surface area contributed by atoms with E-state index in [-0.39, 0.29) is 13.0 Å². The van der Waals surface area contributed by atoms with Crippen molar-refractivity contribution < 1.29 is 19.1 Å². The molecule has 5 rings (SSSR count). The highest BCUT2D eigenvalue weighted by molar-refractivity contribution is 6.31. The number of hydrogen-bond donors (Lipinski definition) is 1. The number of aromatic nitrogens is 5. The van der Waals surface area contributed by atoms with Crippen molar-refractivity contribution in [3.63, 3.8) is 0 Å². The number of nitrogens with one attached hydrogen (secondary N) is 1. The summed E-state index contributed by atoms with van der Waals surface area (Å²) in [5.74, 6) is -0.930. The second kappa shape index (κ2) is 12.7. The molecule has 2 heterocycles. The molecule has 5 aromatic rings. The Morgan fingerprint density at radius 3 is 2.42 bits per heavy atom. The van der Waals surface area contributed by atoms with Crippen molar-refractivity contribution in [1.29, 1.82) is 0 Å². The number of carboxylic acid groups (broad SMARTS) is 1. The maximum atomic E-state index is 13.6. The van der Waals surface area contributed by atoms with Crippen LogP contribution < -0.4 is 20.9 Å². The highest BCUT2D eigenvalue weighted by Crippen LogP contribution is 2.29. The van der Waals surface area contributed by atoms with Crippen LogP contribution in [0.2, 0.25) is 5.02 Å². The first kappa shape index (κ1) is 29.1. The van der Waals surface area contributed by atoms with Gasteiger partial charge in [0.15, 0.2) is 0 Å². The van der Waals surface area contributed by atoms with Crippen LogP contribution in [0.3, 0.4) is 0 Å². The molecule has 1 atom stereocenters. The third-order valence-corrected chi connectivity index (χ3v) is 7.01. The third-order valence-electron chi connectivity index (χ3n) is 6.78. The predicted octanol–water partition coefficient (Wildman–Crippen LogP) is 3.88. The van der Waals surface area contributed by atoms with Crippen molar-refractivity contribution in [2.24, 2.45) is 0 Å². The number of hydrogen-bond acceptors (Lipinski definition) is 7. The number of nitrogens with zero attached hydrogens (tertiary/aromatic N) is 6. The molecule has 0 fully saturated rings. The summed E-state index contributed by atoms with van der Waals surface area (Å²) >= 11 is 6.26. The average Bonchev–Trinajstić information content (AvgIpc) is 3.53. The lowest BCUT2D eigenvalue weighted by molar-refractivity contribution is -0.246. The maximum Gasteiger partial charge on any atom is 0.251 e. The quantitative estimate of drug-likeness (QED) is 0.271. The summed E-state index contributed by atoms with van der Waals surface area (Å²) < 4.78 is 16.3. The van der Waals surface area contributed by atoms with Crippen molar-refractivity contribution in [3.05, 3.63) is 118 Å². The van der Waals surface area contributed by atoms with E-state index in [0.717, 1.165) is 4.90 Å². The van der Waals surface area contributed by atoms with Crippen molar-refractivity contribution >= 4 is 35.0 Å². The molecule has 0 saturated heterocycles. The number of anilines is 2. The molecule has 0 aliphatic rings. The van der Waals surface area contributed by atoms with Crippen LogP contribution in [0.5, 0.6) is 0 Å². The topological polar surface area (TPSA) is 138 Å². The minimum absolute atomic E-state index is 0.0881. The molecule has 0 unspecified atom stereocenters. The van der Waals surface area contributed by atoms with E-state index in [9.17, 15) is 23.9 Å². The molecule has 1 N–H and O–H groups in total. The van der Waals surface area contributed by atoms with Gasteiger partial charge >= 0.3 is 0 Å². The number of tetrazole rings is 1. The van der Waals surface area contributed by atoms with Gasteiger partial charge in [-0.15, -0.1) is 5.10 Å². The second-order valence-corrected chi connectivity index (χ2v) is 9.91. The van der Waals surface area contributed by atoms with E-state index in [2.05, 4.69) is 20.8 Å². The van der Waals surface area contributed by atoms with E-state index in [1.807, 2.05) is 0 Å². The Bertz CT molecular complexity index is 1810. The van der Waals surface area contributed by atoms with Crippen LogP contribution in [0.15, 0.2) is 96.2 Å². The zero-order valence-corrected chi connectivity index (χ0v) is 23.5. The number of rotatable bonds is 9. The molecule has 0 aliphatic carbocycles. The number of carbonyl (C=O) groups excluding carboxylic acids is 2. The summed E-state index contributed by atoms with van der Waals surface area (Å²) in [7, 11) is 0. The molecule has 0 spiro atoms. The molecular weight excluding hydrogens is 577 g/mol. The van der Waals surface area contributed by atoms with Gasteiger partial charge in [-0.05, 0) is 89.1 Å². The molecule has 3 aromatic carbocycles. The van der Waals surface area contributed by atoms with Gasteiger partial charge in [-0.2, -0.15) is 4.68 Å². The standard InChI is InChI=1S/C30H25ClFN7O4/c1-2-37(30(42)43)24-10-8-23(9-11-24)34-29(41)27(15-19-3-6-22(32)7-4-19)38-14-13-20(16-28(38)40)25-17-21(31)5-12-26(25)39-18-33-35-36-39/h3-14,16-18,27H,2,15H2,1H3,(H,34,41)(H,42,43)/p-1/t27-/m0/s1. The summed E-state index contributed by atoms with van der Waals surface area (Å²) in [6, 6.07) is 19.0. The molecule has 0 saturated carbocycles. The Balaban J connectivity index is 1.48. The smallest absolute Gasteiger partial charge is 0.251 e. The summed E-state index contributed by atoms with van der Waals surface area (Å²) in [5.41, 5.74) is 2.66. The van der Waals surface area contributed by atoms with Crippen LogP contribution in [-0.4, -0.2) is 43.3 Å². The fourth-order valence-electron chi connectivity index (χ4n) is 4.65. The highest BCUT2D eigenvalue weighted by Gasteiger charge is 2.23. The van der Waals surface area contributed by atoms with Crippen LogP contribution >= 0.6 is 11.6 Å². The Morgan fingerprint density at radius 1 is 1.05 bits per heavy atom. The molecule has 218 valence electrons. The summed E-state index contributed by atoms with van der Waals surface area (Å²) in [5, 5.41) is 25.9. The largest absolute Gasteiger partial charge is 0.530 e. The lowest BCUT2D eigenvalue weighted by Gasteiger charge is -2.24.